The van der Waals surface area contributed by atoms with Crippen molar-refractivity contribution in [3.8, 4) is 0 Å². The summed E-state index contributed by atoms with van der Waals surface area (Å²) in [5, 5.41) is 3.14. The van der Waals surface area contributed by atoms with Crippen LogP contribution in [0.2, 0.25) is 0 Å². The fourth-order valence-corrected chi connectivity index (χ4v) is 2.66. The highest BCUT2D eigenvalue weighted by Gasteiger charge is 2.18. The summed E-state index contributed by atoms with van der Waals surface area (Å²) in [5.74, 6) is 0.534. The smallest absolute Gasteiger partial charge is 0.332 e. The number of nitrogens with zero attached hydrogens (tertiary/aromatic N) is 4. The van der Waals surface area contributed by atoms with Crippen molar-refractivity contribution in [2.24, 2.45) is 14.1 Å². The number of hydrogen-bond acceptors (Lipinski definition) is 4. The van der Waals surface area contributed by atoms with E-state index >= 15 is 0 Å². The molecule has 0 saturated heterocycles. The van der Waals surface area contributed by atoms with Gasteiger partial charge in [-0.05, 0) is 5.56 Å². The van der Waals surface area contributed by atoms with Crippen molar-refractivity contribution >= 4 is 17.1 Å². The van der Waals surface area contributed by atoms with Crippen LogP contribution in [0, 0.1) is 0 Å². The summed E-state index contributed by atoms with van der Waals surface area (Å²) in [5.41, 5.74) is 1.05. The van der Waals surface area contributed by atoms with E-state index in [9.17, 15) is 9.59 Å². The zero-order valence-electron chi connectivity index (χ0n) is 13.7. The monoisotopic (exact) mass is 325 g/mol. The predicted molar refractivity (Wildman–Crippen MR) is 94.4 cm³/mol. The van der Waals surface area contributed by atoms with E-state index in [1.807, 2.05) is 30.3 Å². The van der Waals surface area contributed by atoms with E-state index in [-0.39, 0.29) is 5.56 Å². The maximum Gasteiger partial charge on any atom is 0.332 e. The number of fused-ring (bicyclic) bond motifs is 1. The van der Waals surface area contributed by atoms with Gasteiger partial charge in [0.1, 0.15) is 0 Å². The molecular weight excluding hydrogens is 306 g/mol. The number of nitrogens with one attached hydrogen (secondary N) is 1. The van der Waals surface area contributed by atoms with Gasteiger partial charge >= 0.3 is 5.69 Å². The Balaban J connectivity index is 2.29. The summed E-state index contributed by atoms with van der Waals surface area (Å²) in [4.78, 5) is 29.2. The van der Waals surface area contributed by atoms with E-state index in [1.165, 1.54) is 11.6 Å². The van der Waals surface area contributed by atoms with Gasteiger partial charge in [0.25, 0.3) is 5.56 Å². The molecule has 7 heteroatoms. The van der Waals surface area contributed by atoms with Crippen LogP contribution in [0.25, 0.3) is 11.2 Å². The van der Waals surface area contributed by atoms with Crippen molar-refractivity contribution in [3.63, 3.8) is 0 Å². The van der Waals surface area contributed by atoms with Gasteiger partial charge in [-0.1, -0.05) is 36.4 Å². The van der Waals surface area contributed by atoms with E-state index < -0.39 is 5.69 Å². The Morgan fingerprint density at radius 1 is 1.17 bits per heavy atom. The first-order chi connectivity index (χ1) is 11.5. The molecule has 0 aliphatic heterocycles. The second-order valence-corrected chi connectivity index (χ2v) is 5.55. The van der Waals surface area contributed by atoms with Crippen LogP contribution in [0.4, 0.5) is 5.95 Å². The lowest BCUT2D eigenvalue weighted by atomic mass is 10.2. The molecule has 2 aromatic heterocycles. The summed E-state index contributed by atoms with van der Waals surface area (Å²) in [6.45, 7) is 4.67. The fourth-order valence-electron chi connectivity index (χ4n) is 2.66. The van der Waals surface area contributed by atoms with E-state index in [0.717, 1.165) is 10.1 Å². The Morgan fingerprint density at radius 3 is 2.54 bits per heavy atom. The van der Waals surface area contributed by atoms with Gasteiger partial charge in [-0.15, -0.1) is 6.58 Å². The van der Waals surface area contributed by atoms with E-state index in [1.54, 1.807) is 17.7 Å². The van der Waals surface area contributed by atoms with Crippen molar-refractivity contribution in [2.75, 3.05) is 11.9 Å². The minimum Gasteiger partial charge on any atom is -0.352 e. The molecule has 0 unspecified atom stereocenters. The molecule has 0 spiro atoms. The van der Waals surface area contributed by atoms with Gasteiger partial charge in [-0.2, -0.15) is 4.98 Å². The number of benzene rings is 1. The predicted octanol–water partition coefficient (Wildman–Crippen LogP) is 1.08. The van der Waals surface area contributed by atoms with Crippen LogP contribution in [0.1, 0.15) is 5.56 Å². The average Bonchev–Trinajstić information content (AvgIpc) is 2.95. The normalized spacial score (nSPS) is 10.9. The van der Waals surface area contributed by atoms with E-state index in [2.05, 4.69) is 16.9 Å². The minimum atomic E-state index is -0.396. The third-order valence-corrected chi connectivity index (χ3v) is 3.94. The summed E-state index contributed by atoms with van der Waals surface area (Å²) >= 11 is 0. The van der Waals surface area contributed by atoms with Crippen LogP contribution < -0.4 is 16.6 Å². The highest BCUT2D eigenvalue weighted by Crippen LogP contribution is 2.17. The largest absolute Gasteiger partial charge is 0.352 e. The molecule has 0 atom stereocenters. The molecule has 1 aromatic carbocycles. The molecule has 124 valence electrons. The molecule has 0 saturated carbocycles. The van der Waals surface area contributed by atoms with Crippen LogP contribution in [0.15, 0.2) is 52.6 Å². The molecule has 0 fully saturated rings. The summed E-state index contributed by atoms with van der Waals surface area (Å²) in [6, 6.07) is 9.79. The minimum absolute atomic E-state index is 0.358. The lowest BCUT2D eigenvalue weighted by Crippen LogP contribution is -2.37. The van der Waals surface area contributed by atoms with Gasteiger partial charge in [-0.25, -0.2) is 4.79 Å². The Labute approximate surface area is 138 Å². The Bertz CT molecular complexity index is 1010. The van der Waals surface area contributed by atoms with Crippen LogP contribution in [-0.4, -0.2) is 25.2 Å². The molecule has 0 amide bonds. The van der Waals surface area contributed by atoms with Crippen molar-refractivity contribution < 1.29 is 0 Å². The number of aromatic nitrogens is 4. The maximum atomic E-state index is 12.6. The topological polar surface area (TPSA) is 73.8 Å². The highest BCUT2D eigenvalue weighted by molar-refractivity contribution is 5.74. The van der Waals surface area contributed by atoms with Crippen molar-refractivity contribution in [3.05, 3.63) is 69.4 Å². The summed E-state index contributed by atoms with van der Waals surface area (Å²) in [6.07, 6.45) is 1.71. The number of hydrogen-bond donors (Lipinski definition) is 1. The molecule has 3 aromatic rings. The Kier molecular flexibility index (Phi) is 4.07. The van der Waals surface area contributed by atoms with E-state index in [0.29, 0.717) is 30.2 Å². The lowest BCUT2D eigenvalue weighted by Gasteiger charge is -2.10. The van der Waals surface area contributed by atoms with Gasteiger partial charge in [0.15, 0.2) is 11.2 Å². The Morgan fingerprint density at radius 2 is 1.88 bits per heavy atom. The molecule has 2 heterocycles. The molecule has 24 heavy (non-hydrogen) atoms. The fraction of sp³-hybridized carbons (Fsp3) is 0.235. The van der Waals surface area contributed by atoms with Crippen LogP contribution in [0.5, 0.6) is 0 Å². The standard InChI is InChI=1S/C17H19N5O2/c1-4-10-18-16-19-14-13(15(23)21(3)17(24)20(14)2)22(16)11-12-8-6-5-7-9-12/h4-9H,1,10-11H2,2-3H3,(H,18,19). The number of anilines is 1. The first-order valence-electron chi connectivity index (χ1n) is 7.59. The van der Waals surface area contributed by atoms with Gasteiger partial charge in [0.05, 0.1) is 6.54 Å². The van der Waals surface area contributed by atoms with Gasteiger partial charge < -0.3 is 5.32 Å². The zero-order chi connectivity index (χ0) is 17.3. The molecule has 3 rings (SSSR count). The SMILES string of the molecule is C=CCNc1nc2c(c(=O)n(C)c(=O)n2C)n1Cc1ccccc1. The van der Waals surface area contributed by atoms with Crippen molar-refractivity contribution in [2.45, 2.75) is 6.54 Å². The molecule has 0 aliphatic rings. The third-order valence-electron chi connectivity index (χ3n) is 3.94. The second kappa shape index (κ2) is 6.19. The van der Waals surface area contributed by atoms with Crippen LogP contribution >= 0.6 is 0 Å². The summed E-state index contributed by atoms with van der Waals surface area (Å²) < 4.78 is 4.29. The van der Waals surface area contributed by atoms with Crippen molar-refractivity contribution in [1.82, 2.24) is 18.7 Å². The molecule has 1 N–H and O–H groups in total. The number of imidazole rings is 1. The molecular formula is C17H19N5O2. The third kappa shape index (κ3) is 2.54. The van der Waals surface area contributed by atoms with Crippen LogP contribution in [0.3, 0.4) is 0 Å². The molecule has 0 aliphatic carbocycles. The molecule has 0 bridgehead atoms. The highest BCUT2D eigenvalue weighted by atomic mass is 16.2. The molecule has 0 radical (unpaired) electrons. The van der Waals surface area contributed by atoms with E-state index in [4.69, 9.17) is 0 Å². The maximum absolute atomic E-state index is 12.6. The van der Waals surface area contributed by atoms with Gasteiger partial charge in [-0.3, -0.25) is 18.5 Å². The molecule has 7 nitrogen and oxygen atoms in total. The number of rotatable bonds is 5. The number of aryl methyl sites for hydroxylation is 1. The van der Waals surface area contributed by atoms with Crippen molar-refractivity contribution in [1.29, 1.82) is 0 Å². The average molecular weight is 325 g/mol. The first-order valence-corrected chi connectivity index (χ1v) is 7.59. The Hall–Kier alpha value is -3.09. The first kappa shape index (κ1) is 15.8. The summed E-state index contributed by atoms with van der Waals surface area (Å²) in [7, 11) is 3.09. The van der Waals surface area contributed by atoms with Crippen LogP contribution in [-0.2, 0) is 20.6 Å². The van der Waals surface area contributed by atoms with Gasteiger partial charge in [0, 0.05) is 20.6 Å². The second-order valence-electron chi connectivity index (χ2n) is 5.55. The quantitative estimate of drug-likeness (QED) is 0.713. The van der Waals surface area contributed by atoms with Gasteiger partial charge in [0.2, 0.25) is 5.95 Å². The zero-order valence-corrected chi connectivity index (χ0v) is 13.7. The lowest BCUT2D eigenvalue weighted by molar-refractivity contribution is 0.702.